The van der Waals surface area contributed by atoms with E-state index < -0.39 is 18.3 Å². The molecule has 478 valence electrons. The first-order chi connectivity index (χ1) is 48.9. The second-order valence-electron chi connectivity index (χ2n) is 25.5. The van der Waals surface area contributed by atoms with Crippen molar-refractivity contribution in [3.8, 4) is 79.5 Å². The smallest absolute Gasteiger partial charge is 0.436 e. The Bertz CT molecular complexity index is 6030. The lowest BCUT2D eigenvalue weighted by Gasteiger charge is -2.32. The number of rotatable bonds is 8. The zero-order valence-corrected chi connectivity index (χ0v) is 56.2. The average Bonchev–Trinajstić information content (AvgIpc) is 1.57. The van der Waals surface area contributed by atoms with Crippen molar-refractivity contribution in [3.63, 3.8) is 0 Å². The van der Waals surface area contributed by atoms with E-state index in [1.165, 1.54) is 0 Å². The van der Waals surface area contributed by atoms with Gasteiger partial charge in [-0.15, -0.1) is 0 Å². The van der Waals surface area contributed by atoms with Crippen LogP contribution in [0.5, 0.6) is 0 Å². The van der Waals surface area contributed by atoms with Gasteiger partial charge >= 0.3 is 7.12 Å². The Morgan fingerprint density at radius 1 is 0.290 bits per heavy atom. The third-order valence-corrected chi connectivity index (χ3v) is 18.9. The minimum Gasteiger partial charge on any atom is -0.436 e. The van der Waals surface area contributed by atoms with Crippen LogP contribution in [0.1, 0.15) is 27.7 Å². The molecule has 0 atom stereocenters. The van der Waals surface area contributed by atoms with Crippen LogP contribution in [0.15, 0.2) is 292 Å². The first-order valence-electron chi connectivity index (χ1n) is 32.9. The van der Waals surface area contributed by atoms with Gasteiger partial charge in [-0.3, -0.25) is 0 Å². The van der Waals surface area contributed by atoms with Crippen LogP contribution in [0.2, 0.25) is 0 Å². The normalized spacial score (nSPS) is 13.3. The van der Waals surface area contributed by atoms with Crippen molar-refractivity contribution in [2.24, 2.45) is 0 Å². The summed E-state index contributed by atoms with van der Waals surface area (Å²) in [6.45, 7) is 8.23. The van der Waals surface area contributed by atoms with Gasteiger partial charge in [-0.1, -0.05) is 234 Å². The minimum atomic E-state index is -0.445. The number of para-hydroxylation sites is 4. The molecule has 100 heavy (non-hydrogen) atoms. The molecule has 19 rings (SSSR count). The van der Waals surface area contributed by atoms with Crippen molar-refractivity contribution in [1.82, 2.24) is 49.8 Å². The second kappa shape index (κ2) is 25.4. The van der Waals surface area contributed by atoms with E-state index in [1.807, 2.05) is 218 Å². The molecule has 1 aliphatic heterocycles. The Morgan fingerprint density at radius 2 is 0.640 bits per heavy atom. The fourth-order valence-electron chi connectivity index (χ4n) is 12.6. The van der Waals surface area contributed by atoms with E-state index in [9.17, 15) is 0 Å². The summed E-state index contributed by atoms with van der Waals surface area (Å²) in [6.07, 6.45) is 0. The Labute approximate surface area is 582 Å². The van der Waals surface area contributed by atoms with Crippen molar-refractivity contribution in [2.75, 3.05) is 0 Å². The Kier molecular flexibility index (Phi) is 15.6. The van der Waals surface area contributed by atoms with E-state index in [0.717, 1.165) is 131 Å². The zero-order chi connectivity index (χ0) is 67.5. The van der Waals surface area contributed by atoms with Gasteiger partial charge in [0.25, 0.3) is 0 Å². The SMILES string of the molecule is Brc1ccc2c(ccc3oc4nc5ccccc5nc4c32)c1.CC1(C)OB(c2cccc(-c3nc(-c4ccccc4)nc(-c4ccccc4)n3)c2)OC1(C)C.c1ccc(-c2nc(-c3ccccc3)nc(-c3cccc(-c4ccc5c(ccc6oc7nc8ccccc8nc7c65)c4)c3)n2)cc1. The number of furan rings is 2. The average molecular weight is 1360 g/mol. The van der Waals surface area contributed by atoms with E-state index in [0.29, 0.717) is 46.4 Å². The van der Waals surface area contributed by atoms with Gasteiger partial charge in [0.2, 0.25) is 11.4 Å². The molecule has 0 N–H and O–H groups in total. The molecule has 0 radical (unpaired) electrons. The molecule has 1 saturated heterocycles. The highest BCUT2D eigenvalue weighted by molar-refractivity contribution is 9.10. The van der Waals surface area contributed by atoms with Gasteiger partial charge in [0.15, 0.2) is 34.9 Å². The van der Waals surface area contributed by atoms with Crippen molar-refractivity contribution in [2.45, 2.75) is 38.9 Å². The quantitative estimate of drug-likeness (QED) is 0.131. The molecule has 14 nitrogen and oxygen atoms in total. The van der Waals surface area contributed by atoms with Gasteiger partial charge in [-0.25, -0.2) is 49.8 Å². The molecule has 18 aromatic rings. The first kappa shape index (κ1) is 61.5. The van der Waals surface area contributed by atoms with Crippen LogP contribution in [0.25, 0.3) is 167 Å². The van der Waals surface area contributed by atoms with Gasteiger partial charge in [0.05, 0.1) is 44.0 Å². The number of aromatic nitrogens is 10. The molecular formula is C84H58BBrN10O4. The highest BCUT2D eigenvalue weighted by Gasteiger charge is 2.51. The van der Waals surface area contributed by atoms with Crippen LogP contribution in [-0.4, -0.2) is 68.2 Å². The van der Waals surface area contributed by atoms with Gasteiger partial charge in [-0.2, -0.15) is 0 Å². The largest absolute Gasteiger partial charge is 0.494 e. The monoisotopic (exact) mass is 1360 g/mol. The molecule has 16 heteroatoms. The van der Waals surface area contributed by atoms with Crippen LogP contribution in [0.3, 0.4) is 0 Å². The molecule has 7 heterocycles. The van der Waals surface area contributed by atoms with Crippen molar-refractivity contribution < 1.29 is 18.1 Å². The number of hydrogen-bond donors (Lipinski definition) is 0. The third kappa shape index (κ3) is 11.8. The minimum absolute atomic E-state index is 0.401. The Morgan fingerprint density at radius 3 is 1.09 bits per heavy atom. The fraction of sp³-hybridized carbons (Fsp3) is 0.0714. The first-order valence-corrected chi connectivity index (χ1v) is 33.7. The number of fused-ring (bicyclic) bond motifs is 12. The lowest BCUT2D eigenvalue weighted by molar-refractivity contribution is 0.00578. The maximum atomic E-state index is 6.25. The maximum absolute atomic E-state index is 6.25. The summed E-state index contributed by atoms with van der Waals surface area (Å²) in [5, 5.41) is 6.46. The lowest BCUT2D eigenvalue weighted by atomic mass is 9.78. The molecule has 6 aromatic heterocycles. The Balaban J connectivity index is 0.000000119. The van der Waals surface area contributed by atoms with Crippen LogP contribution >= 0.6 is 15.9 Å². The molecular weight excluding hydrogens is 1300 g/mol. The van der Waals surface area contributed by atoms with E-state index in [-0.39, 0.29) is 0 Å². The van der Waals surface area contributed by atoms with E-state index in [4.69, 9.17) is 63.0 Å². The second-order valence-corrected chi connectivity index (χ2v) is 26.4. The number of hydrogen-bond acceptors (Lipinski definition) is 14. The molecule has 0 aliphatic carbocycles. The molecule has 0 amide bonds. The molecule has 1 aliphatic rings. The number of nitrogens with zero attached hydrogens (tertiary/aromatic N) is 10. The molecule has 0 spiro atoms. The van der Waals surface area contributed by atoms with Gasteiger partial charge in [0, 0.05) is 37.9 Å². The Hall–Kier alpha value is -12.1. The summed E-state index contributed by atoms with van der Waals surface area (Å²) in [4.78, 5) is 48.1. The van der Waals surface area contributed by atoms with Gasteiger partial charge < -0.3 is 18.1 Å². The van der Waals surface area contributed by atoms with Crippen molar-refractivity contribution >= 4 is 117 Å². The molecule has 12 aromatic carbocycles. The highest BCUT2D eigenvalue weighted by atomic mass is 79.9. The van der Waals surface area contributed by atoms with Crippen LogP contribution in [-0.2, 0) is 9.31 Å². The fourth-order valence-corrected chi connectivity index (χ4v) is 13.0. The molecule has 1 fully saturated rings. The summed E-state index contributed by atoms with van der Waals surface area (Å²) < 4.78 is 25.6. The van der Waals surface area contributed by atoms with Crippen LogP contribution < -0.4 is 5.46 Å². The third-order valence-electron chi connectivity index (χ3n) is 18.4. The summed E-state index contributed by atoms with van der Waals surface area (Å²) in [7, 11) is -0.445. The lowest BCUT2D eigenvalue weighted by Crippen LogP contribution is -2.41. The topological polar surface area (TPSA) is 174 Å². The maximum Gasteiger partial charge on any atom is 0.494 e. The summed E-state index contributed by atoms with van der Waals surface area (Å²) in [5.41, 5.74) is 15.6. The predicted octanol–water partition coefficient (Wildman–Crippen LogP) is 20.2. The predicted molar refractivity (Wildman–Crippen MR) is 403 cm³/mol. The summed E-state index contributed by atoms with van der Waals surface area (Å²) in [5.74, 6) is 3.80. The van der Waals surface area contributed by atoms with Crippen LogP contribution in [0, 0.1) is 0 Å². The van der Waals surface area contributed by atoms with Gasteiger partial charge in [0.1, 0.15) is 22.2 Å². The van der Waals surface area contributed by atoms with Crippen molar-refractivity contribution in [3.05, 3.63) is 284 Å². The van der Waals surface area contributed by atoms with E-state index >= 15 is 0 Å². The van der Waals surface area contributed by atoms with Gasteiger partial charge in [-0.05, 0) is 126 Å². The highest BCUT2D eigenvalue weighted by Crippen LogP contribution is 2.40. The van der Waals surface area contributed by atoms with Crippen LogP contribution in [0.4, 0.5) is 0 Å². The van der Waals surface area contributed by atoms with Crippen molar-refractivity contribution in [1.29, 1.82) is 0 Å². The standard InChI is InChI=1S/C39H23N5O.C27H26BN3O2.C18H9BrN2O/c1-3-10-24(11-4-1)36-42-37(25-12-5-2-6-13-25)44-38(43-36)29-15-9-14-26(23-29)27-18-20-30-28(22-27)19-21-33-34(30)35-39(45-33)41-32-17-8-7-16-31(32)40-35;1-26(2)27(3,4)33-28(32-26)22-17-11-16-21(18-22)25-30-23(19-12-7-5-8-13-19)29-24(31-25)20-14-9-6-10-15-20;19-11-6-7-12-10(9-11)5-8-15-16(12)17-18(22-15)21-14-4-2-1-3-13(14)20-17/h1-23H;5-18H,1-4H3;1-9H. The molecule has 0 unspecified atom stereocenters. The number of halogens is 1. The molecule has 0 saturated carbocycles. The van der Waals surface area contributed by atoms with E-state index in [1.54, 1.807) is 0 Å². The summed E-state index contributed by atoms with van der Waals surface area (Å²) >= 11 is 3.52. The number of benzene rings is 12. The zero-order valence-electron chi connectivity index (χ0n) is 54.6. The van der Waals surface area contributed by atoms with E-state index in [2.05, 4.69) is 109 Å². The molecule has 0 bridgehead atoms. The summed E-state index contributed by atoms with van der Waals surface area (Å²) in [6, 6.07) is 93.0.